The molecule has 2 atom stereocenters. The fourth-order valence-corrected chi connectivity index (χ4v) is 3.92. The molecule has 1 saturated heterocycles. The molecule has 2 aliphatic heterocycles. The van der Waals surface area contributed by atoms with Crippen LogP contribution in [0, 0.1) is 11.6 Å². The molecule has 1 fully saturated rings. The van der Waals surface area contributed by atoms with Crippen LogP contribution in [0.2, 0.25) is 0 Å². The van der Waals surface area contributed by atoms with Gasteiger partial charge in [0.15, 0.2) is 5.75 Å². The Morgan fingerprint density at radius 3 is 2.78 bits per heavy atom. The lowest BCUT2D eigenvalue weighted by atomic mass is 9.89. The highest BCUT2D eigenvalue weighted by molar-refractivity contribution is 9.10. The predicted molar refractivity (Wildman–Crippen MR) is 95.0 cm³/mol. The fraction of sp³-hybridized carbons (Fsp3) is 0.222. The standard InChI is InChI=1S/C18H13BrF2N2O4/c19-10-6-13-15(7-11(10)21)27-14-5-8(20)1-2-9(14)17-12(22-18(25)26)3-4-16(24)23(13)17/h1-2,5-7,12,17,22H,3-4H2,(H,25,26)/t12-,17+/m1/s1. The molecule has 2 amide bonds. The number of hydrogen-bond acceptors (Lipinski definition) is 3. The summed E-state index contributed by atoms with van der Waals surface area (Å²) in [5, 5.41) is 11.6. The van der Waals surface area contributed by atoms with Gasteiger partial charge in [-0.1, -0.05) is 6.07 Å². The number of nitrogens with one attached hydrogen (secondary N) is 1. The summed E-state index contributed by atoms with van der Waals surface area (Å²) < 4.78 is 33.7. The molecule has 0 aromatic heterocycles. The Morgan fingerprint density at radius 1 is 1.26 bits per heavy atom. The van der Waals surface area contributed by atoms with Crippen molar-refractivity contribution < 1.29 is 28.2 Å². The van der Waals surface area contributed by atoms with Gasteiger partial charge in [0.2, 0.25) is 5.91 Å². The molecule has 0 radical (unpaired) electrons. The van der Waals surface area contributed by atoms with E-state index in [4.69, 9.17) is 4.74 Å². The van der Waals surface area contributed by atoms with Crippen molar-refractivity contribution in [2.24, 2.45) is 0 Å². The monoisotopic (exact) mass is 438 g/mol. The van der Waals surface area contributed by atoms with Gasteiger partial charge < -0.3 is 15.2 Å². The number of fused-ring (bicyclic) bond motifs is 5. The number of benzene rings is 2. The van der Waals surface area contributed by atoms with Crippen molar-refractivity contribution in [3.8, 4) is 11.5 Å². The van der Waals surface area contributed by atoms with Crippen molar-refractivity contribution >= 4 is 33.6 Å². The van der Waals surface area contributed by atoms with Crippen LogP contribution in [0.1, 0.15) is 24.4 Å². The first-order valence-electron chi connectivity index (χ1n) is 8.13. The number of carboxylic acid groups (broad SMARTS) is 1. The van der Waals surface area contributed by atoms with Crippen LogP contribution < -0.4 is 15.0 Å². The number of nitrogens with zero attached hydrogens (tertiary/aromatic N) is 1. The zero-order valence-electron chi connectivity index (χ0n) is 13.7. The van der Waals surface area contributed by atoms with E-state index in [9.17, 15) is 23.5 Å². The molecule has 0 saturated carbocycles. The van der Waals surface area contributed by atoms with Crippen LogP contribution in [0.3, 0.4) is 0 Å². The zero-order chi connectivity index (χ0) is 19.3. The van der Waals surface area contributed by atoms with Gasteiger partial charge in [-0.15, -0.1) is 0 Å². The van der Waals surface area contributed by atoms with Crippen molar-refractivity contribution in [1.29, 1.82) is 0 Å². The minimum atomic E-state index is -1.23. The number of piperidine rings is 1. The molecule has 0 aliphatic carbocycles. The number of amides is 2. The van der Waals surface area contributed by atoms with Gasteiger partial charge >= 0.3 is 6.09 Å². The molecular weight excluding hydrogens is 426 g/mol. The number of anilines is 1. The maximum atomic E-state index is 14.1. The summed E-state index contributed by atoms with van der Waals surface area (Å²) in [5.41, 5.74) is 0.725. The molecule has 2 N–H and O–H groups in total. The average Bonchev–Trinajstić information content (AvgIpc) is 2.72. The zero-order valence-corrected chi connectivity index (χ0v) is 15.3. The Morgan fingerprint density at radius 2 is 2.04 bits per heavy atom. The van der Waals surface area contributed by atoms with Gasteiger partial charge in [-0.3, -0.25) is 9.69 Å². The number of hydrogen-bond donors (Lipinski definition) is 2. The lowest BCUT2D eigenvalue weighted by molar-refractivity contribution is -0.120. The Hall–Kier alpha value is -2.68. The van der Waals surface area contributed by atoms with Gasteiger partial charge in [0, 0.05) is 24.1 Å². The van der Waals surface area contributed by atoms with E-state index in [2.05, 4.69) is 21.2 Å². The largest absolute Gasteiger partial charge is 0.465 e. The van der Waals surface area contributed by atoms with E-state index in [1.54, 1.807) is 0 Å². The number of carbonyl (C=O) groups is 2. The topological polar surface area (TPSA) is 78.9 Å². The molecule has 0 unspecified atom stereocenters. The first kappa shape index (κ1) is 17.7. The van der Waals surface area contributed by atoms with Gasteiger partial charge in [0.1, 0.15) is 17.4 Å². The van der Waals surface area contributed by atoms with Crippen LogP contribution >= 0.6 is 15.9 Å². The molecule has 0 bridgehead atoms. The first-order chi connectivity index (χ1) is 12.8. The lowest BCUT2D eigenvalue weighted by Gasteiger charge is -2.40. The second kappa shape index (κ2) is 6.49. The molecule has 2 heterocycles. The van der Waals surface area contributed by atoms with Crippen molar-refractivity contribution in [2.45, 2.75) is 24.9 Å². The summed E-state index contributed by atoms with van der Waals surface area (Å²) in [6.07, 6.45) is -0.851. The molecule has 0 spiro atoms. The minimum absolute atomic E-state index is 0.0503. The van der Waals surface area contributed by atoms with Crippen LogP contribution in [0.25, 0.3) is 0 Å². The highest BCUT2D eigenvalue weighted by Crippen LogP contribution is 2.49. The van der Waals surface area contributed by atoms with E-state index < -0.39 is 29.8 Å². The third-order valence-corrected chi connectivity index (χ3v) is 5.29. The second-order valence-electron chi connectivity index (χ2n) is 6.32. The van der Waals surface area contributed by atoms with Crippen molar-refractivity contribution in [2.75, 3.05) is 4.90 Å². The van der Waals surface area contributed by atoms with Crippen LogP contribution in [0.4, 0.5) is 19.3 Å². The van der Waals surface area contributed by atoms with E-state index in [1.807, 2.05) is 0 Å². The minimum Gasteiger partial charge on any atom is -0.465 e. The third kappa shape index (κ3) is 3.01. The first-order valence-corrected chi connectivity index (χ1v) is 8.92. The van der Waals surface area contributed by atoms with E-state index in [1.165, 1.54) is 23.1 Å². The predicted octanol–water partition coefficient (Wildman–Crippen LogP) is 4.34. The molecule has 27 heavy (non-hydrogen) atoms. The van der Waals surface area contributed by atoms with Gasteiger partial charge in [-0.05, 0) is 34.5 Å². The van der Waals surface area contributed by atoms with Gasteiger partial charge in [0.25, 0.3) is 0 Å². The smallest absolute Gasteiger partial charge is 0.404 e. The summed E-state index contributed by atoms with van der Waals surface area (Å²) in [5.74, 6) is -1.27. The van der Waals surface area contributed by atoms with Crippen molar-refractivity contribution in [3.05, 3.63) is 52.0 Å². The fourth-order valence-electron chi connectivity index (χ4n) is 3.59. The Balaban J connectivity index is 1.97. The maximum absolute atomic E-state index is 14.1. The molecule has 2 aliphatic rings. The normalized spacial score (nSPS) is 20.7. The van der Waals surface area contributed by atoms with Crippen LogP contribution in [0.5, 0.6) is 11.5 Å². The number of halogens is 3. The maximum Gasteiger partial charge on any atom is 0.404 e. The molecule has 9 heteroatoms. The van der Waals surface area contributed by atoms with Crippen molar-refractivity contribution in [3.63, 3.8) is 0 Å². The Labute approximate surface area is 160 Å². The third-order valence-electron chi connectivity index (χ3n) is 4.68. The molecule has 4 rings (SSSR count). The summed E-state index contributed by atoms with van der Waals surface area (Å²) in [6.45, 7) is 0. The molecular formula is C18H13BrF2N2O4. The van der Waals surface area contributed by atoms with Gasteiger partial charge in [-0.2, -0.15) is 0 Å². The lowest BCUT2D eigenvalue weighted by Crippen LogP contribution is -2.52. The van der Waals surface area contributed by atoms with E-state index >= 15 is 0 Å². The van der Waals surface area contributed by atoms with Gasteiger partial charge in [0.05, 0.1) is 22.2 Å². The van der Waals surface area contributed by atoms with E-state index in [0.29, 0.717) is 5.56 Å². The van der Waals surface area contributed by atoms with E-state index in [-0.39, 0.29) is 40.4 Å². The number of ether oxygens (including phenoxy) is 1. The highest BCUT2D eigenvalue weighted by atomic mass is 79.9. The number of carbonyl (C=O) groups excluding carboxylic acids is 1. The van der Waals surface area contributed by atoms with Crippen LogP contribution in [0.15, 0.2) is 34.8 Å². The summed E-state index contributed by atoms with van der Waals surface area (Å²) in [4.78, 5) is 25.4. The van der Waals surface area contributed by atoms with Gasteiger partial charge in [-0.25, -0.2) is 13.6 Å². The van der Waals surface area contributed by atoms with Crippen molar-refractivity contribution in [1.82, 2.24) is 5.32 Å². The molecule has 6 nitrogen and oxygen atoms in total. The molecule has 2 aromatic rings. The Bertz CT molecular complexity index is 969. The van der Waals surface area contributed by atoms with E-state index in [0.717, 1.165) is 12.1 Å². The summed E-state index contributed by atoms with van der Waals surface area (Å²) in [7, 11) is 0. The Kier molecular flexibility index (Phi) is 4.26. The quantitative estimate of drug-likeness (QED) is 0.693. The van der Waals surface area contributed by atoms with Crippen LogP contribution in [-0.2, 0) is 4.79 Å². The average molecular weight is 439 g/mol. The highest BCUT2D eigenvalue weighted by Gasteiger charge is 2.43. The second-order valence-corrected chi connectivity index (χ2v) is 7.18. The number of rotatable bonds is 1. The van der Waals surface area contributed by atoms with Crippen LogP contribution in [-0.4, -0.2) is 23.1 Å². The summed E-state index contributed by atoms with van der Waals surface area (Å²) >= 11 is 3.10. The SMILES string of the molecule is O=C(O)N[C@@H]1CCC(=O)N2c3cc(Br)c(F)cc3Oc3cc(F)ccc3[C@@H]12. The summed E-state index contributed by atoms with van der Waals surface area (Å²) in [6, 6.07) is 4.93. The molecule has 140 valence electrons. The molecule has 2 aromatic carbocycles.